The molecule has 1 atom stereocenters. The van der Waals surface area contributed by atoms with Crippen LogP contribution in [0.15, 0.2) is 28.7 Å². The summed E-state index contributed by atoms with van der Waals surface area (Å²) in [5.74, 6) is -0.890. The average molecular weight is 356 g/mol. The molecule has 0 unspecified atom stereocenters. The van der Waals surface area contributed by atoms with E-state index in [1.807, 2.05) is 0 Å². The number of ketones is 1. The molecule has 0 spiro atoms. The Morgan fingerprint density at radius 1 is 1.33 bits per heavy atom. The van der Waals surface area contributed by atoms with Crippen LogP contribution < -0.4 is 5.32 Å². The molecule has 1 amide bonds. The summed E-state index contributed by atoms with van der Waals surface area (Å²) in [7, 11) is 1.25. The van der Waals surface area contributed by atoms with Crippen molar-refractivity contribution in [2.45, 2.75) is 32.2 Å². The molecule has 0 fully saturated rings. The van der Waals surface area contributed by atoms with E-state index in [1.165, 1.54) is 7.11 Å². The van der Waals surface area contributed by atoms with Crippen LogP contribution in [0.25, 0.3) is 0 Å². The van der Waals surface area contributed by atoms with Crippen molar-refractivity contribution in [1.29, 1.82) is 0 Å². The van der Waals surface area contributed by atoms with Gasteiger partial charge in [0.2, 0.25) is 0 Å². The maximum Gasteiger partial charge on any atom is 0.328 e. The van der Waals surface area contributed by atoms with Crippen LogP contribution in [0.2, 0.25) is 0 Å². The van der Waals surface area contributed by atoms with Gasteiger partial charge in [0.15, 0.2) is 0 Å². The van der Waals surface area contributed by atoms with Crippen molar-refractivity contribution in [3.63, 3.8) is 0 Å². The number of amides is 1. The largest absolute Gasteiger partial charge is 0.467 e. The van der Waals surface area contributed by atoms with Gasteiger partial charge < -0.3 is 10.1 Å². The number of Topliss-reactive ketones (excluding diaryl/α,β-unsaturated/α-hetero) is 1. The van der Waals surface area contributed by atoms with Crippen LogP contribution in [0.3, 0.4) is 0 Å². The molecule has 1 N–H and O–H groups in total. The third-order valence-corrected chi connectivity index (χ3v) is 3.48. The van der Waals surface area contributed by atoms with E-state index in [0.717, 1.165) is 4.47 Å². The number of hydrogen-bond donors (Lipinski definition) is 1. The lowest BCUT2D eigenvalue weighted by Crippen LogP contribution is -2.41. The molecule has 0 heterocycles. The van der Waals surface area contributed by atoms with Crippen molar-refractivity contribution in [2.75, 3.05) is 7.11 Å². The number of methoxy groups -OCH3 is 1. The van der Waals surface area contributed by atoms with Gasteiger partial charge in [0.05, 0.1) is 7.11 Å². The summed E-state index contributed by atoms with van der Waals surface area (Å²) in [6.45, 7) is 1.76. The van der Waals surface area contributed by atoms with E-state index in [0.29, 0.717) is 12.0 Å². The summed E-state index contributed by atoms with van der Waals surface area (Å²) in [5, 5.41) is 2.60. The highest BCUT2D eigenvalue weighted by atomic mass is 79.9. The number of esters is 1. The monoisotopic (exact) mass is 355 g/mol. The smallest absolute Gasteiger partial charge is 0.328 e. The second-order valence-electron chi connectivity index (χ2n) is 4.49. The summed E-state index contributed by atoms with van der Waals surface area (Å²) < 4.78 is 5.43. The van der Waals surface area contributed by atoms with Gasteiger partial charge in [0.1, 0.15) is 11.8 Å². The minimum atomic E-state index is -0.822. The average Bonchev–Trinajstić information content (AvgIpc) is 2.49. The van der Waals surface area contributed by atoms with E-state index in [-0.39, 0.29) is 24.5 Å². The minimum Gasteiger partial charge on any atom is -0.467 e. The normalized spacial score (nSPS) is 11.6. The Morgan fingerprint density at radius 2 is 2.05 bits per heavy atom. The number of benzene rings is 1. The molecule has 114 valence electrons. The van der Waals surface area contributed by atoms with Crippen LogP contribution in [0.4, 0.5) is 0 Å². The van der Waals surface area contributed by atoms with Crippen LogP contribution in [0.1, 0.15) is 36.5 Å². The zero-order chi connectivity index (χ0) is 15.8. The molecule has 5 nitrogen and oxygen atoms in total. The van der Waals surface area contributed by atoms with E-state index in [4.69, 9.17) is 0 Å². The zero-order valence-corrected chi connectivity index (χ0v) is 13.6. The van der Waals surface area contributed by atoms with Crippen LogP contribution in [-0.4, -0.2) is 30.8 Å². The molecule has 1 aromatic rings. The molecule has 0 aliphatic heterocycles. The molecule has 0 saturated heterocycles. The fraction of sp³-hybridized carbons (Fsp3) is 0.400. The van der Waals surface area contributed by atoms with Gasteiger partial charge in [0.25, 0.3) is 5.91 Å². The standard InChI is InChI=1S/C15H18BrNO4/c1-3-12(18)7-8-13(15(20)21-2)17-14(19)10-5-4-6-11(16)9-10/h4-6,9,13H,3,7-8H2,1-2H3,(H,17,19)/t13-/m1/s1. The predicted octanol–water partition coefficient (Wildman–Crippen LogP) is 2.48. The van der Waals surface area contributed by atoms with E-state index < -0.39 is 12.0 Å². The van der Waals surface area contributed by atoms with Gasteiger partial charge in [-0.25, -0.2) is 4.79 Å². The quantitative estimate of drug-likeness (QED) is 0.762. The first kappa shape index (κ1) is 17.4. The second kappa shape index (κ2) is 8.56. The maximum absolute atomic E-state index is 12.1. The Morgan fingerprint density at radius 3 is 2.62 bits per heavy atom. The van der Waals surface area contributed by atoms with Crippen LogP contribution in [0.5, 0.6) is 0 Å². The zero-order valence-electron chi connectivity index (χ0n) is 12.0. The molecule has 6 heteroatoms. The highest BCUT2D eigenvalue weighted by Crippen LogP contribution is 2.12. The van der Waals surface area contributed by atoms with E-state index in [1.54, 1.807) is 31.2 Å². The molecule has 1 rings (SSSR count). The number of carbonyl (C=O) groups excluding carboxylic acids is 3. The highest BCUT2D eigenvalue weighted by molar-refractivity contribution is 9.10. The lowest BCUT2D eigenvalue weighted by atomic mass is 10.1. The molecule has 0 aliphatic carbocycles. The van der Waals surface area contributed by atoms with Gasteiger partial charge >= 0.3 is 5.97 Å². The first-order valence-electron chi connectivity index (χ1n) is 6.63. The number of nitrogens with one attached hydrogen (secondary N) is 1. The summed E-state index contributed by atoms with van der Waals surface area (Å²) in [4.78, 5) is 35.2. The first-order valence-corrected chi connectivity index (χ1v) is 7.43. The van der Waals surface area contributed by atoms with E-state index in [2.05, 4.69) is 26.0 Å². The third-order valence-electron chi connectivity index (χ3n) is 2.98. The summed E-state index contributed by atoms with van der Waals surface area (Å²) in [6, 6.07) is 6.00. The van der Waals surface area contributed by atoms with Gasteiger partial charge in [-0.15, -0.1) is 0 Å². The molecule has 0 aromatic heterocycles. The SMILES string of the molecule is CCC(=O)CC[C@@H](NC(=O)c1cccc(Br)c1)C(=O)OC. The topological polar surface area (TPSA) is 72.5 Å². The number of hydrogen-bond acceptors (Lipinski definition) is 4. The second-order valence-corrected chi connectivity index (χ2v) is 5.41. The van der Waals surface area contributed by atoms with Gasteiger partial charge in [-0.3, -0.25) is 9.59 Å². The van der Waals surface area contributed by atoms with Crippen molar-refractivity contribution in [3.05, 3.63) is 34.3 Å². The van der Waals surface area contributed by atoms with Gasteiger partial charge in [-0.1, -0.05) is 28.9 Å². The Labute approximate surface area is 132 Å². The van der Waals surface area contributed by atoms with Crippen LogP contribution >= 0.6 is 15.9 Å². The molecule has 0 saturated carbocycles. The predicted molar refractivity (Wildman–Crippen MR) is 81.9 cm³/mol. The molecule has 21 heavy (non-hydrogen) atoms. The van der Waals surface area contributed by atoms with Gasteiger partial charge in [0, 0.05) is 22.9 Å². The fourth-order valence-electron chi connectivity index (χ4n) is 1.74. The Hall–Kier alpha value is -1.69. The minimum absolute atomic E-state index is 0.0422. The summed E-state index contributed by atoms with van der Waals surface area (Å²) in [5.41, 5.74) is 0.431. The molecular formula is C15H18BrNO4. The van der Waals surface area contributed by atoms with Crippen molar-refractivity contribution in [3.8, 4) is 0 Å². The van der Waals surface area contributed by atoms with Gasteiger partial charge in [-0.05, 0) is 24.6 Å². The van der Waals surface area contributed by atoms with Gasteiger partial charge in [-0.2, -0.15) is 0 Å². The molecule has 0 aliphatic rings. The Balaban J connectivity index is 2.73. The fourth-order valence-corrected chi connectivity index (χ4v) is 2.14. The van der Waals surface area contributed by atoms with Crippen molar-refractivity contribution >= 4 is 33.6 Å². The first-order chi connectivity index (χ1) is 9.97. The van der Waals surface area contributed by atoms with Crippen LogP contribution in [0, 0.1) is 0 Å². The van der Waals surface area contributed by atoms with Crippen molar-refractivity contribution in [1.82, 2.24) is 5.32 Å². The number of carbonyl (C=O) groups is 3. The lowest BCUT2D eigenvalue weighted by Gasteiger charge is -2.16. The van der Waals surface area contributed by atoms with E-state index in [9.17, 15) is 14.4 Å². The Kier molecular flexibility index (Phi) is 7.08. The number of rotatable bonds is 7. The summed E-state index contributed by atoms with van der Waals surface area (Å²) in [6.07, 6.45) is 0.877. The summed E-state index contributed by atoms with van der Waals surface area (Å²) >= 11 is 3.28. The van der Waals surface area contributed by atoms with Crippen molar-refractivity contribution in [2.24, 2.45) is 0 Å². The molecule has 0 radical (unpaired) electrons. The van der Waals surface area contributed by atoms with E-state index >= 15 is 0 Å². The molecule has 1 aromatic carbocycles. The number of ether oxygens (including phenoxy) is 1. The van der Waals surface area contributed by atoms with Crippen LogP contribution in [-0.2, 0) is 14.3 Å². The third kappa shape index (κ3) is 5.67. The lowest BCUT2D eigenvalue weighted by molar-refractivity contribution is -0.143. The molecular weight excluding hydrogens is 338 g/mol. The Bertz CT molecular complexity index is 530. The number of halogens is 1. The molecule has 0 bridgehead atoms. The maximum atomic E-state index is 12.1. The van der Waals surface area contributed by atoms with Crippen molar-refractivity contribution < 1.29 is 19.1 Å². The highest BCUT2D eigenvalue weighted by Gasteiger charge is 2.22.